The first-order valence-electron chi connectivity index (χ1n) is 11.5. The summed E-state index contributed by atoms with van der Waals surface area (Å²) in [7, 11) is 1.48. The second-order valence-electron chi connectivity index (χ2n) is 7.95. The third-order valence-corrected chi connectivity index (χ3v) is 5.42. The molecule has 1 fully saturated rings. The van der Waals surface area contributed by atoms with Crippen LogP contribution in [0.15, 0.2) is 42.5 Å². The zero-order valence-electron chi connectivity index (χ0n) is 19.9. The van der Waals surface area contributed by atoms with Crippen LogP contribution in [0.4, 0.5) is 5.69 Å². The van der Waals surface area contributed by atoms with Crippen molar-refractivity contribution in [2.24, 2.45) is 0 Å². The Balaban J connectivity index is 1.45. The summed E-state index contributed by atoms with van der Waals surface area (Å²) >= 11 is 0. The van der Waals surface area contributed by atoms with E-state index < -0.39 is 17.7 Å². The topological polar surface area (TPSA) is 126 Å². The number of amides is 4. The van der Waals surface area contributed by atoms with Gasteiger partial charge < -0.3 is 19.7 Å². The monoisotopic (exact) mass is 482 g/mol. The third-order valence-electron chi connectivity index (χ3n) is 5.42. The van der Waals surface area contributed by atoms with Gasteiger partial charge in [0.1, 0.15) is 0 Å². The zero-order valence-corrected chi connectivity index (χ0v) is 19.9. The number of anilines is 1. The first-order valence-corrected chi connectivity index (χ1v) is 11.5. The van der Waals surface area contributed by atoms with Crippen LogP contribution in [-0.4, -0.2) is 50.4 Å². The highest BCUT2D eigenvalue weighted by Crippen LogP contribution is 2.28. The first-order chi connectivity index (χ1) is 16.9. The zero-order chi connectivity index (χ0) is 25.2. The van der Waals surface area contributed by atoms with E-state index >= 15 is 0 Å². The van der Waals surface area contributed by atoms with Crippen LogP contribution in [0.2, 0.25) is 0 Å². The maximum atomic E-state index is 12.4. The van der Waals surface area contributed by atoms with Gasteiger partial charge >= 0.3 is 0 Å². The van der Waals surface area contributed by atoms with Gasteiger partial charge in [-0.2, -0.15) is 0 Å². The molecule has 0 atom stereocenters. The van der Waals surface area contributed by atoms with Gasteiger partial charge in [-0.25, -0.2) is 0 Å². The number of ether oxygens (including phenoxy) is 2. The highest BCUT2D eigenvalue weighted by Gasteiger charge is 2.21. The average molecular weight is 483 g/mol. The minimum Gasteiger partial charge on any atom is -0.493 e. The Labute approximate surface area is 203 Å². The minimum absolute atomic E-state index is 0.0654. The Kier molecular flexibility index (Phi) is 9.05. The van der Waals surface area contributed by atoms with Gasteiger partial charge in [0.2, 0.25) is 5.91 Å². The predicted octanol–water partition coefficient (Wildman–Crippen LogP) is 2.19. The Morgan fingerprint density at radius 1 is 0.971 bits per heavy atom. The summed E-state index contributed by atoms with van der Waals surface area (Å²) in [6.45, 7) is 2.94. The van der Waals surface area contributed by atoms with E-state index in [1.165, 1.54) is 13.2 Å². The summed E-state index contributed by atoms with van der Waals surface area (Å²) in [5, 5.41) is 2.49. The average Bonchev–Trinajstić information content (AvgIpc) is 3.31. The summed E-state index contributed by atoms with van der Waals surface area (Å²) in [4.78, 5) is 50.3. The minimum atomic E-state index is -0.600. The maximum absolute atomic E-state index is 12.4. The molecule has 10 nitrogen and oxygen atoms in total. The Morgan fingerprint density at radius 2 is 1.71 bits per heavy atom. The molecule has 1 heterocycles. The van der Waals surface area contributed by atoms with Gasteiger partial charge in [-0.15, -0.1) is 0 Å². The number of hydrogen-bond acceptors (Lipinski definition) is 6. The summed E-state index contributed by atoms with van der Waals surface area (Å²) in [6, 6.07) is 11.3. The fourth-order valence-corrected chi connectivity index (χ4v) is 3.47. The molecular formula is C25H30N4O6. The maximum Gasteiger partial charge on any atom is 0.269 e. The molecule has 10 heteroatoms. The molecule has 0 bridgehead atoms. The van der Waals surface area contributed by atoms with Crippen molar-refractivity contribution in [1.29, 1.82) is 0 Å². The van der Waals surface area contributed by atoms with Gasteiger partial charge in [0.05, 0.1) is 20.3 Å². The van der Waals surface area contributed by atoms with E-state index in [9.17, 15) is 19.2 Å². The molecule has 1 aliphatic rings. The second kappa shape index (κ2) is 12.4. The Bertz CT molecular complexity index is 1070. The van der Waals surface area contributed by atoms with Crippen molar-refractivity contribution < 1.29 is 28.7 Å². The normalized spacial score (nSPS) is 12.7. The molecule has 0 aromatic heterocycles. The van der Waals surface area contributed by atoms with Crippen LogP contribution >= 0.6 is 0 Å². The molecule has 4 amide bonds. The number of methoxy groups -OCH3 is 1. The molecule has 2 aromatic carbocycles. The summed E-state index contributed by atoms with van der Waals surface area (Å²) in [6.07, 6.45) is 3.24. The molecular weight excluding hydrogens is 452 g/mol. The molecule has 0 saturated carbocycles. The number of carbonyl (C=O) groups excluding carboxylic acids is 4. The van der Waals surface area contributed by atoms with Gasteiger partial charge in [-0.1, -0.05) is 13.3 Å². The van der Waals surface area contributed by atoms with Crippen LogP contribution in [0.25, 0.3) is 0 Å². The number of benzene rings is 2. The number of nitrogens with zero attached hydrogens (tertiary/aromatic N) is 1. The number of carbonyl (C=O) groups is 4. The van der Waals surface area contributed by atoms with Crippen molar-refractivity contribution in [2.45, 2.75) is 32.6 Å². The molecule has 0 aliphatic carbocycles. The first kappa shape index (κ1) is 25.5. The van der Waals surface area contributed by atoms with Crippen LogP contribution in [0.1, 0.15) is 53.3 Å². The predicted molar refractivity (Wildman–Crippen MR) is 129 cm³/mol. The van der Waals surface area contributed by atoms with E-state index in [0.29, 0.717) is 36.6 Å². The quantitative estimate of drug-likeness (QED) is 0.352. The smallest absolute Gasteiger partial charge is 0.269 e. The highest BCUT2D eigenvalue weighted by molar-refractivity contribution is 5.99. The lowest BCUT2D eigenvalue weighted by molar-refractivity contribution is -0.121. The van der Waals surface area contributed by atoms with Crippen LogP contribution in [0, 0.1) is 0 Å². The molecule has 0 spiro atoms. The van der Waals surface area contributed by atoms with Crippen molar-refractivity contribution in [3.63, 3.8) is 0 Å². The van der Waals surface area contributed by atoms with E-state index in [-0.39, 0.29) is 18.0 Å². The third kappa shape index (κ3) is 6.95. The number of hydrogen-bond donors (Lipinski definition) is 3. The standard InChI is InChI=1S/C25H30N4O6/c1-3-4-14-35-20-12-9-18(15-21(20)34-2)25(33)28-27-22(30)16-26-24(32)17-7-10-19(11-8-17)29-13-5-6-23(29)31/h7-12,15H,3-6,13-14,16H2,1-2H3,(H,26,32)(H,27,30)(H,28,33). The fourth-order valence-electron chi connectivity index (χ4n) is 3.47. The van der Waals surface area contributed by atoms with E-state index in [4.69, 9.17) is 9.47 Å². The lowest BCUT2D eigenvalue weighted by atomic mass is 10.2. The van der Waals surface area contributed by atoms with E-state index in [2.05, 4.69) is 23.1 Å². The molecule has 35 heavy (non-hydrogen) atoms. The van der Waals surface area contributed by atoms with E-state index in [0.717, 1.165) is 24.9 Å². The molecule has 2 aromatic rings. The van der Waals surface area contributed by atoms with Crippen molar-refractivity contribution >= 4 is 29.3 Å². The largest absolute Gasteiger partial charge is 0.493 e. The van der Waals surface area contributed by atoms with Crippen molar-refractivity contribution in [3.05, 3.63) is 53.6 Å². The van der Waals surface area contributed by atoms with Gasteiger partial charge in [0.15, 0.2) is 11.5 Å². The highest BCUT2D eigenvalue weighted by atomic mass is 16.5. The number of nitrogens with one attached hydrogen (secondary N) is 3. The molecule has 0 radical (unpaired) electrons. The molecule has 3 rings (SSSR count). The van der Waals surface area contributed by atoms with Gasteiger partial charge in [0.25, 0.3) is 17.7 Å². The summed E-state index contributed by atoms with van der Waals surface area (Å²) in [5.41, 5.74) is 5.93. The lowest BCUT2D eigenvalue weighted by Crippen LogP contribution is -2.46. The molecule has 3 N–H and O–H groups in total. The Morgan fingerprint density at radius 3 is 2.37 bits per heavy atom. The fraction of sp³-hybridized carbons (Fsp3) is 0.360. The lowest BCUT2D eigenvalue weighted by Gasteiger charge is -2.15. The van der Waals surface area contributed by atoms with Crippen LogP contribution < -0.4 is 30.5 Å². The van der Waals surface area contributed by atoms with Crippen molar-refractivity contribution in [3.8, 4) is 11.5 Å². The van der Waals surface area contributed by atoms with Crippen LogP contribution in [-0.2, 0) is 9.59 Å². The molecule has 186 valence electrons. The number of rotatable bonds is 10. The number of unbranched alkanes of at least 4 members (excludes halogenated alkanes) is 1. The second-order valence-corrected chi connectivity index (χ2v) is 7.95. The van der Waals surface area contributed by atoms with Gasteiger partial charge in [-0.05, 0) is 55.3 Å². The summed E-state index contributed by atoms with van der Waals surface area (Å²) < 4.78 is 10.9. The van der Waals surface area contributed by atoms with E-state index in [1.807, 2.05) is 0 Å². The molecule has 0 unspecified atom stereocenters. The van der Waals surface area contributed by atoms with Crippen LogP contribution in [0.3, 0.4) is 0 Å². The Hall–Kier alpha value is -4.08. The van der Waals surface area contributed by atoms with E-state index in [1.54, 1.807) is 41.3 Å². The molecule has 1 saturated heterocycles. The van der Waals surface area contributed by atoms with Crippen molar-refractivity contribution in [2.75, 3.05) is 31.7 Å². The number of hydrazine groups is 1. The van der Waals surface area contributed by atoms with Crippen LogP contribution in [0.5, 0.6) is 11.5 Å². The molecule has 1 aliphatic heterocycles. The van der Waals surface area contributed by atoms with Crippen molar-refractivity contribution in [1.82, 2.24) is 16.2 Å². The van der Waals surface area contributed by atoms with Gasteiger partial charge in [0, 0.05) is 29.8 Å². The van der Waals surface area contributed by atoms with Gasteiger partial charge in [-0.3, -0.25) is 30.0 Å². The summed E-state index contributed by atoms with van der Waals surface area (Å²) in [5.74, 6) is -0.589. The SMILES string of the molecule is CCCCOc1ccc(C(=O)NNC(=O)CNC(=O)c2ccc(N3CCCC3=O)cc2)cc1OC.